The summed E-state index contributed by atoms with van der Waals surface area (Å²) in [5, 5.41) is 3.07. The van der Waals surface area contributed by atoms with Crippen molar-refractivity contribution in [3.05, 3.63) is 11.1 Å². The summed E-state index contributed by atoms with van der Waals surface area (Å²) in [6, 6.07) is 0. The molecule has 1 amide bonds. The molecule has 0 saturated carbocycles. The van der Waals surface area contributed by atoms with E-state index in [4.69, 9.17) is 5.73 Å². The van der Waals surface area contributed by atoms with Gasteiger partial charge in [-0.3, -0.25) is 9.59 Å². The van der Waals surface area contributed by atoms with E-state index in [1.807, 2.05) is 0 Å². The first-order valence-electron chi connectivity index (χ1n) is 4.60. The van der Waals surface area contributed by atoms with Crippen LogP contribution in [0.4, 0.5) is 5.13 Å². The molecule has 90 valence electrons. The number of carbonyl (C=O) groups excluding carboxylic acids is 2. The molecule has 0 aliphatic carbocycles. The van der Waals surface area contributed by atoms with Crippen LogP contribution in [0.2, 0.25) is 0 Å². The van der Waals surface area contributed by atoms with Crippen molar-refractivity contribution in [3.8, 4) is 0 Å². The Labute approximate surface area is 104 Å². The van der Waals surface area contributed by atoms with Crippen molar-refractivity contribution in [1.82, 2.24) is 4.98 Å². The van der Waals surface area contributed by atoms with Crippen molar-refractivity contribution in [2.24, 2.45) is 5.73 Å². The molecule has 0 fully saturated rings. The lowest BCUT2D eigenvalue weighted by molar-refractivity contribution is -0.116. The van der Waals surface area contributed by atoms with E-state index in [2.05, 4.69) is 10.3 Å². The van der Waals surface area contributed by atoms with Crippen LogP contribution in [0.3, 0.4) is 0 Å². The van der Waals surface area contributed by atoms with Gasteiger partial charge >= 0.3 is 0 Å². The van der Waals surface area contributed by atoms with Gasteiger partial charge in [-0.25, -0.2) is 4.98 Å². The molecule has 1 heterocycles. The molecule has 1 aromatic rings. The van der Waals surface area contributed by atoms with Crippen molar-refractivity contribution in [2.45, 2.75) is 19.8 Å². The van der Waals surface area contributed by atoms with Crippen molar-refractivity contribution < 1.29 is 9.59 Å². The Kier molecular flexibility index (Phi) is 6.87. The Morgan fingerprint density at radius 2 is 2.25 bits per heavy atom. The Balaban J connectivity index is 0.00000225. The summed E-state index contributed by atoms with van der Waals surface area (Å²) in [6.45, 7) is 1.96. The lowest BCUT2D eigenvalue weighted by Crippen LogP contribution is -2.13. The van der Waals surface area contributed by atoms with Crippen LogP contribution in [0.25, 0.3) is 0 Å². The quantitative estimate of drug-likeness (QED) is 0.788. The number of anilines is 1. The van der Waals surface area contributed by atoms with E-state index in [-0.39, 0.29) is 24.1 Å². The van der Waals surface area contributed by atoms with E-state index >= 15 is 0 Å². The summed E-state index contributed by atoms with van der Waals surface area (Å²) < 4.78 is 0. The summed E-state index contributed by atoms with van der Waals surface area (Å²) in [5.41, 5.74) is 5.28. The number of nitrogens with two attached hydrogens (primary N) is 1. The predicted octanol–water partition coefficient (Wildman–Crippen LogP) is 1.44. The molecule has 0 unspecified atom stereocenters. The smallest absolute Gasteiger partial charge is 0.226 e. The zero-order valence-corrected chi connectivity index (χ0v) is 10.5. The molecule has 0 spiro atoms. The highest BCUT2D eigenvalue weighted by Crippen LogP contribution is 2.18. The van der Waals surface area contributed by atoms with E-state index < -0.39 is 0 Å². The summed E-state index contributed by atoms with van der Waals surface area (Å²) in [4.78, 5) is 26.7. The molecule has 0 atom stereocenters. The second-order valence-electron chi connectivity index (χ2n) is 3.03. The SMILES string of the molecule is CC(=O)c1cnc(NC(=O)CCCN)s1.Cl. The molecule has 0 aromatic carbocycles. The van der Waals surface area contributed by atoms with Crippen molar-refractivity contribution in [2.75, 3.05) is 11.9 Å². The van der Waals surface area contributed by atoms with Crippen LogP contribution in [-0.2, 0) is 4.79 Å². The van der Waals surface area contributed by atoms with Crippen LogP contribution in [-0.4, -0.2) is 23.2 Å². The fourth-order valence-electron chi connectivity index (χ4n) is 0.939. The number of halogens is 1. The van der Waals surface area contributed by atoms with Crippen LogP contribution >= 0.6 is 23.7 Å². The zero-order valence-electron chi connectivity index (χ0n) is 8.86. The number of amides is 1. The molecule has 0 radical (unpaired) electrons. The van der Waals surface area contributed by atoms with Crippen molar-refractivity contribution in [1.29, 1.82) is 0 Å². The van der Waals surface area contributed by atoms with E-state index in [9.17, 15) is 9.59 Å². The van der Waals surface area contributed by atoms with Gasteiger partial charge in [-0.05, 0) is 13.0 Å². The number of hydrogen-bond acceptors (Lipinski definition) is 5. The lowest BCUT2D eigenvalue weighted by atomic mass is 10.3. The number of hydrogen-bond donors (Lipinski definition) is 2. The molecule has 0 saturated heterocycles. The standard InChI is InChI=1S/C9H13N3O2S.ClH/c1-6(13)7-5-11-9(15-7)12-8(14)3-2-4-10;/h5H,2-4,10H2,1H3,(H,11,12,14);1H. The summed E-state index contributed by atoms with van der Waals surface area (Å²) in [7, 11) is 0. The van der Waals surface area contributed by atoms with E-state index in [1.165, 1.54) is 24.5 Å². The van der Waals surface area contributed by atoms with Gasteiger partial charge in [-0.1, -0.05) is 11.3 Å². The Bertz CT molecular complexity index is 367. The molecular formula is C9H14ClN3O2S. The fraction of sp³-hybridized carbons (Fsp3) is 0.444. The van der Waals surface area contributed by atoms with Gasteiger partial charge in [0, 0.05) is 13.3 Å². The minimum Gasteiger partial charge on any atom is -0.330 e. The summed E-state index contributed by atoms with van der Waals surface area (Å²) in [5.74, 6) is -0.167. The number of carbonyl (C=O) groups is 2. The number of nitrogens with one attached hydrogen (secondary N) is 1. The second kappa shape index (κ2) is 7.32. The molecule has 3 N–H and O–H groups in total. The van der Waals surface area contributed by atoms with E-state index in [1.54, 1.807) is 0 Å². The summed E-state index contributed by atoms with van der Waals surface area (Å²) in [6.07, 6.45) is 2.49. The monoisotopic (exact) mass is 263 g/mol. The minimum atomic E-state index is -0.120. The first-order valence-corrected chi connectivity index (χ1v) is 5.42. The first kappa shape index (κ1) is 15.0. The van der Waals surface area contributed by atoms with Crippen molar-refractivity contribution in [3.63, 3.8) is 0 Å². The zero-order chi connectivity index (χ0) is 11.3. The maximum absolute atomic E-state index is 11.3. The number of rotatable bonds is 5. The molecule has 0 bridgehead atoms. The first-order chi connectivity index (χ1) is 7.13. The number of Topliss-reactive ketones (excluding diaryl/α,β-unsaturated/α-hetero) is 1. The normalized spacial score (nSPS) is 9.38. The predicted molar refractivity (Wildman–Crippen MR) is 66.3 cm³/mol. The highest BCUT2D eigenvalue weighted by atomic mass is 35.5. The van der Waals surface area contributed by atoms with Gasteiger partial charge in [-0.15, -0.1) is 12.4 Å². The molecular weight excluding hydrogens is 250 g/mol. The number of nitrogens with zero attached hydrogens (tertiary/aromatic N) is 1. The number of aromatic nitrogens is 1. The summed E-state index contributed by atoms with van der Waals surface area (Å²) >= 11 is 1.18. The molecule has 7 heteroatoms. The van der Waals surface area contributed by atoms with Gasteiger partial charge in [0.25, 0.3) is 0 Å². The number of ketones is 1. The second-order valence-corrected chi connectivity index (χ2v) is 4.06. The average molecular weight is 264 g/mol. The molecule has 5 nitrogen and oxygen atoms in total. The van der Waals surface area contributed by atoms with Gasteiger partial charge in [0.1, 0.15) is 0 Å². The third-order valence-electron chi connectivity index (χ3n) is 1.71. The average Bonchev–Trinajstić information content (AvgIpc) is 2.63. The molecule has 1 aromatic heterocycles. The fourth-order valence-corrected chi connectivity index (χ4v) is 1.67. The van der Waals surface area contributed by atoms with E-state index in [0.29, 0.717) is 29.4 Å². The third-order valence-corrected chi connectivity index (χ3v) is 2.72. The van der Waals surface area contributed by atoms with Gasteiger partial charge in [0.15, 0.2) is 10.9 Å². The van der Waals surface area contributed by atoms with Gasteiger partial charge < -0.3 is 11.1 Å². The van der Waals surface area contributed by atoms with Crippen molar-refractivity contribution >= 4 is 40.6 Å². The third kappa shape index (κ3) is 4.69. The number of thiazole rings is 1. The highest BCUT2D eigenvalue weighted by Gasteiger charge is 2.08. The van der Waals surface area contributed by atoms with Gasteiger partial charge in [0.05, 0.1) is 11.1 Å². The molecule has 0 aliphatic rings. The van der Waals surface area contributed by atoms with Gasteiger partial charge in [-0.2, -0.15) is 0 Å². The molecule has 16 heavy (non-hydrogen) atoms. The van der Waals surface area contributed by atoms with Crippen LogP contribution in [0.15, 0.2) is 6.20 Å². The maximum Gasteiger partial charge on any atom is 0.226 e. The Hall–Kier alpha value is -0.980. The Morgan fingerprint density at radius 3 is 2.75 bits per heavy atom. The molecule has 1 rings (SSSR count). The molecule has 0 aliphatic heterocycles. The topological polar surface area (TPSA) is 85.1 Å². The van der Waals surface area contributed by atoms with Crippen LogP contribution in [0, 0.1) is 0 Å². The Morgan fingerprint density at radius 1 is 1.56 bits per heavy atom. The van der Waals surface area contributed by atoms with Crippen LogP contribution in [0.1, 0.15) is 29.4 Å². The maximum atomic E-state index is 11.3. The lowest BCUT2D eigenvalue weighted by Gasteiger charge is -1.98. The highest BCUT2D eigenvalue weighted by molar-refractivity contribution is 7.17. The van der Waals surface area contributed by atoms with Gasteiger partial charge in [0.2, 0.25) is 5.91 Å². The minimum absolute atomic E-state index is 0. The van der Waals surface area contributed by atoms with E-state index in [0.717, 1.165) is 0 Å². The van der Waals surface area contributed by atoms with Crippen LogP contribution < -0.4 is 11.1 Å². The largest absolute Gasteiger partial charge is 0.330 e. The van der Waals surface area contributed by atoms with Crippen LogP contribution in [0.5, 0.6) is 0 Å².